The zero-order valence-electron chi connectivity index (χ0n) is 11.8. The normalized spacial score (nSPS) is 12.8. The summed E-state index contributed by atoms with van der Waals surface area (Å²) in [5.74, 6) is 0. The van der Waals surface area contributed by atoms with E-state index in [4.69, 9.17) is 4.74 Å². The van der Waals surface area contributed by atoms with E-state index in [1.165, 1.54) is 4.88 Å². The van der Waals surface area contributed by atoms with Gasteiger partial charge in [0.15, 0.2) is 0 Å². The van der Waals surface area contributed by atoms with Gasteiger partial charge in [0.2, 0.25) is 0 Å². The van der Waals surface area contributed by atoms with Gasteiger partial charge in [-0.25, -0.2) is 0 Å². The molecule has 4 heteroatoms. The van der Waals surface area contributed by atoms with Crippen molar-refractivity contribution in [3.63, 3.8) is 0 Å². The van der Waals surface area contributed by atoms with Crippen LogP contribution < -0.4 is 0 Å². The van der Waals surface area contributed by atoms with Crippen LogP contribution in [-0.4, -0.2) is 42.9 Å². The van der Waals surface area contributed by atoms with Gasteiger partial charge in [-0.1, -0.05) is 12.1 Å². The summed E-state index contributed by atoms with van der Waals surface area (Å²) in [5, 5.41) is 12.1. The number of thiophene rings is 1. The third-order valence-corrected chi connectivity index (χ3v) is 3.82. The third kappa shape index (κ3) is 7.47. The van der Waals surface area contributed by atoms with Crippen molar-refractivity contribution in [3.8, 4) is 0 Å². The minimum atomic E-state index is -0.277. The van der Waals surface area contributed by atoms with Crippen LogP contribution in [0.2, 0.25) is 0 Å². The van der Waals surface area contributed by atoms with Gasteiger partial charge in [-0.05, 0) is 30.7 Å². The van der Waals surface area contributed by atoms with E-state index in [0.29, 0.717) is 0 Å². The lowest BCUT2D eigenvalue weighted by molar-refractivity contribution is 0.0947. The highest BCUT2D eigenvalue weighted by atomic mass is 32.1. The van der Waals surface area contributed by atoms with Crippen LogP contribution in [0.15, 0.2) is 30.2 Å². The molecule has 0 saturated carbocycles. The van der Waals surface area contributed by atoms with Gasteiger partial charge >= 0.3 is 0 Å². The van der Waals surface area contributed by atoms with Gasteiger partial charge in [0.1, 0.15) is 0 Å². The Bertz CT molecular complexity index is 327. The highest BCUT2D eigenvalue weighted by Crippen LogP contribution is 2.13. The summed E-state index contributed by atoms with van der Waals surface area (Å²) >= 11 is 1.76. The number of ether oxygens (including phenoxy) is 1. The molecular weight excluding hydrogens is 258 g/mol. The van der Waals surface area contributed by atoms with Crippen molar-refractivity contribution in [2.24, 2.45) is 0 Å². The fourth-order valence-corrected chi connectivity index (χ4v) is 2.74. The monoisotopic (exact) mass is 283 g/mol. The fourth-order valence-electron chi connectivity index (χ4n) is 1.99. The Morgan fingerprint density at radius 2 is 2.42 bits per heavy atom. The molecule has 1 atom stereocenters. The van der Waals surface area contributed by atoms with Gasteiger partial charge in [-0.2, -0.15) is 0 Å². The van der Waals surface area contributed by atoms with Crippen LogP contribution in [0.3, 0.4) is 0 Å². The van der Waals surface area contributed by atoms with Crippen LogP contribution in [0.25, 0.3) is 0 Å². The smallest absolute Gasteiger partial charge is 0.0670 e. The van der Waals surface area contributed by atoms with Crippen molar-refractivity contribution in [2.75, 3.05) is 26.8 Å². The first-order chi connectivity index (χ1) is 9.26. The van der Waals surface area contributed by atoms with Crippen LogP contribution in [0.4, 0.5) is 0 Å². The van der Waals surface area contributed by atoms with Crippen molar-refractivity contribution in [1.29, 1.82) is 0 Å². The molecule has 0 aliphatic heterocycles. The molecule has 0 aliphatic rings. The van der Waals surface area contributed by atoms with Gasteiger partial charge in [-0.15, -0.1) is 17.9 Å². The first-order valence-corrected chi connectivity index (χ1v) is 7.67. The maximum atomic E-state index is 10.0. The van der Waals surface area contributed by atoms with Crippen molar-refractivity contribution in [1.82, 2.24) is 4.90 Å². The average Bonchev–Trinajstić information content (AvgIpc) is 2.89. The maximum Gasteiger partial charge on any atom is 0.0670 e. The molecule has 1 N–H and O–H groups in total. The lowest BCUT2D eigenvalue weighted by Crippen LogP contribution is -2.33. The van der Waals surface area contributed by atoms with Crippen molar-refractivity contribution in [3.05, 3.63) is 35.0 Å². The summed E-state index contributed by atoms with van der Waals surface area (Å²) in [4.78, 5) is 3.65. The van der Waals surface area contributed by atoms with Crippen molar-refractivity contribution >= 4 is 11.3 Å². The molecule has 108 valence electrons. The highest BCUT2D eigenvalue weighted by Gasteiger charge is 2.12. The Kier molecular flexibility index (Phi) is 8.75. The van der Waals surface area contributed by atoms with E-state index >= 15 is 0 Å². The SMILES string of the molecule is C=CCCC(O)CN(CCCOC)Cc1cccs1. The van der Waals surface area contributed by atoms with E-state index in [1.54, 1.807) is 18.4 Å². The molecule has 19 heavy (non-hydrogen) atoms. The van der Waals surface area contributed by atoms with E-state index in [-0.39, 0.29) is 6.10 Å². The summed E-state index contributed by atoms with van der Waals surface area (Å²) < 4.78 is 5.10. The molecule has 0 spiro atoms. The van der Waals surface area contributed by atoms with E-state index in [1.807, 2.05) is 6.08 Å². The van der Waals surface area contributed by atoms with Crippen LogP contribution in [0.5, 0.6) is 0 Å². The third-order valence-electron chi connectivity index (χ3n) is 2.96. The van der Waals surface area contributed by atoms with Crippen LogP contribution in [0, 0.1) is 0 Å². The van der Waals surface area contributed by atoms with E-state index < -0.39 is 0 Å². The summed E-state index contributed by atoms with van der Waals surface area (Å²) in [6.07, 6.45) is 4.23. The lowest BCUT2D eigenvalue weighted by atomic mass is 10.2. The molecule has 1 unspecified atom stereocenters. The number of methoxy groups -OCH3 is 1. The van der Waals surface area contributed by atoms with E-state index in [9.17, 15) is 5.11 Å². The van der Waals surface area contributed by atoms with Gasteiger partial charge in [0.05, 0.1) is 6.10 Å². The predicted molar refractivity (Wildman–Crippen MR) is 81.5 cm³/mol. The Morgan fingerprint density at radius 1 is 1.58 bits per heavy atom. The zero-order valence-corrected chi connectivity index (χ0v) is 12.6. The lowest BCUT2D eigenvalue weighted by Gasteiger charge is -2.24. The molecule has 0 amide bonds. The average molecular weight is 283 g/mol. The largest absolute Gasteiger partial charge is 0.392 e. The first-order valence-electron chi connectivity index (χ1n) is 6.79. The highest BCUT2D eigenvalue weighted by molar-refractivity contribution is 7.09. The number of aliphatic hydroxyl groups is 1. The summed E-state index contributed by atoms with van der Waals surface area (Å²) in [5.41, 5.74) is 0. The quantitative estimate of drug-likeness (QED) is 0.501. The molecule has 1 heterocycles. The fraction of sp³-hybridized carbons (Fsp3) is 0.600. The second-order valence-corrected chi connectivity index (χ2v) is 5.71. The number of aliphatic hydroxyl groups excluding tert-OH is 1. The minimum Gasteiger partial charge on any atom is -0.392 e. The number of hydrogen-bond donors (Lipinski definition) is 1. The number of hydrogen-bond acceptors (Lipinski definition) is 4. The molecule has 3 nitrogen and oxygen atoms in total. The van der Waals surface area contributed by atoms with Crippen LogP contribution in [0.1, 0.15) is 24.1 Å². The topological polar surface area (TPSA) is 32.7 Å². The van der Waals surface area contributed by atoms with Crippen LogP contribution in [-0.2, 0) is 11.3 Å². The second-order valence-electron chi connectivity index (χ2n) is 4.68. The molecule has 1 aromatic rings. The predicted octanol–water partition coefficient (Wildman–Crippen LogP) is 2.91. The zero-order chi connectivity index (χ0) is 13.9. The maximum absolute atomic E-state index is 10.0. The van der Waals surface area contributed by atoms with Gasteiger partial charge < -0.3 is 9.84 Å². The Morgan fingerprint density at radius 3 is 3.05 bits per heavy atom. The first kappa shape index (κ1) is 16.4. The van der Waals surface area contributed by atoms with Gasteiger partial charge in [0.25, 0.3) is 0 Å². The molecule has 1 aromatic heterocycles. The molecular formula is C15H25NO2S. The standard InChI is InChI=1S/C15H25NO2S/c1-3-4-7-14(17)12-16(9-6-10-18-2)13-15-8-5-11-19-15/h3,5,8,11,14,17H,1,4,6-7,9-10,12-13H2,2H3. The van der Waals surface area contributed by atoms with E-state index in [0.717, 1.165) is 45.5 Å². The number of allylic oxidation sites excluding steroid dienone is 1. The molecule has 0 fully saturated rings. The van der Waals surface area contributed by atoms with Crippen molar-refractivity contribution < 1.29 is 9.84 Å². The Labute approximate surface area is 120 Å². The second kappa shape index (κ2) is 10.1. The minimum absolute atomic E-state index is 0.277. The number of rotatable bonds is 11. The summed E-state index contributed by atoms with van der Waals surface area (Å²) in [6.45, 7) is 7.04. The van der Waals surface area contributed by atoms with E-state index in [2.05, 4.69) is 29.0 Å². The molecule has 1 rings (SSSR count). The molecule has 0 radical (unpaired) electrons. The Balaban J connectivity index is 2.40. The molecule has 0 aromatic carbocycles. The van der Waals surface area contributed by atoms with Gasteiger partial charge in [-0.3, -0.25) is 4.90 Å². The van der Waals surface area contributed by atoms with Gasteiger partial charge in [0, 0.05) is 38.2 Å². The summed E-state index contributed by atoms with van der Waals surface area (Å²) in [7, 11) is 1.72. The van der Waals surface area contributed by atoms with Crippen molar-refractivity contribution in [2.45, 2.75) is 31.9 Å². The Hall–Kier alpha value is -0.680. The summed E-state index contributed by atoms with van der Waals surface area (Å²) in [6, 6.07) is 4.21. The molecule has 0 saturated heterocycles. The molecule has 0 aliphatic carbocycles. The number of nitrogens with zero attached hydrogens (tertiary/aromatic N) is 1. The molecule has 0 bridgehead atoms. The van der Waals surface area contributed by atoms with Crippen LogP contribution >= 0.6 is 11.3 Å².